The fourth-order valence-corrected chi connectivity index (χ4v) is 3.83. The SMILES string of the molecule is Cc1cc(O)cc(C)c1N=C(N/N=C/c1ccc(C(N)=NC=Nc2ccc(OC(F)(F)F)cc2)cc1)SCC(=O)O. The van der Waals surface area contributed by atoms with Crippen molar-refractivity contribution in [3.8, 4) is 11.5 Å². The molecule has 10 nitrogen and oxygen atoms in total. The molecule has 3 aromatic rings. The average molecular weight is 587 g/mol. The molecule has 0 aromatic heterocycles. The average Bonchev–Trinajstić information content (AvgIpc) is 2.89. The Morgan fingerprint density at radius 3 is 2.29 bits per heavy atom. The molecule has 0 radical (unpaired) electrons. The second-order valence-electron chi connectivity index (χ2n) is 8.32. The number of halogens is 3. The molecule has 3 rings (SSSR count). The van der Waals surface area contributed by atoms with E-state index in [1.807, 2.05) is 0 Å². The number of aryl methyl sites for hydroxylation is 2. The lowest BCUT2D eigenvalue weighted by atomic mass is 10.1. The summed E-state index contributed by atoms with van der Waals surface area (Å²) in [5, 5.41) is 23.2. The zero-order valence-corrected chi connectivity index (χ0v) is 22.6. The molecular weight excluding hydrogens is 561 g/mol. The van der Waals surface area contributed by atoms with Gasteiger partial charge in [-0.05, 0) is 66.9 Å². The van der Waals surface area contributed by atoms with E-state index in [0.717, 1.165) is 35.0 Å². The number of carboxylic acid groups (broad SMARTS) is 1. The molecule has 0 spiro atoms. The number of nitrogens with zero attached hydrogens (tertiary/aromatic N) is 4. The third kappa shape index (κ3) is 10.3. The molecule has 0 aliphatic heterocycles. The van der Waals surface area contributed by atoms with Gasteiger partial charge >= 0.3 is 12.3 Å². The molecule has 0 bridgehead atoms. The fourth-order valence-electron chi connectivity index (χ4n) is 3.30. The van der Waals surface area contributed by atoms with Gasteiger partial charge in [-0.3, -0.25) is 10.2 Å². The van der Waals surface area contributed by atoms with Gasteiger partial charge in [0.2, 0.25) is 0 Å². The number of aliphatic imine (C=N–C) groups is 3. The van der Waals surface area contributed by atoms with E-state index >= 15 is 0 Å². The molecule has 41 heavy (non-hydrogen) atoms. The normalized spacial score (nSPS) is 12.7. The third-order valence-electron chi connectivity index (χ3n) is 5.08. The number of benzene rings is 3. The summed E-state index contributed by atoms with van der Waals surface area (Å²) in [7, 11) is 0. The van der Waals surface area contributed by atoms with Crippen LogP contribution >= 0.6 is 11.8 Å². The topological polar surface area (TPSA) is 154 Å². The van der Waals surface area contributed by atoms with Crippen molar-refractivity contribution >= 4 is 52.7 Å². The maximum atomic E-state index is 12.2. The first-order chi connectivity index (χ1) is 19.4. The second-order valence-corrected chi connectivity index (χ2v) is 9.28. The fraction of sp³-hybridized carbons (Fsp3) is 0.148. The van der Waals surface area contributed by atoms with Gasteiger partial charge in [0.15, 0.2) is 5.17 Å². The molecule has 0 aliphatic rings. The van der Waals surface area contributed by atoms with Crippen molar-refractivity contribution in [3.05, 3.63) is 82.9 Å². The van der Waals surface area contributed by atoms with E-state index in [1.54, 1.807) is 50.2 Å². The molecule has 0 saturated carbocycles. The highest BCUT2D eigenvalue weighted by atomic mass is 32.2. The Labute approximate surface area is 237 Å². The zero-order valence-electron chi connectivity index (χ0n) is 21.8. The number of nitrogens with two attached hydrogens (primary N) is 1. The van der Waals surface area contributed by atoms with Crippen LogP contribution in [-0.2, 0) is 4.79 Å². The third-order valence-corrected chi connectivity index (χ3v) is 5.92. The van der Waals surface area contributed by atoms with E-state index in [9.17, 15) is 23.1 Å². The van der Waals surface area contributed by atoms with E-state index in [1.165, 1.54) is 24.7 Å². The number of phenols is 1. The Kier molecular flexibility index (Phi) is 10.5. The summed E-state index contributed by atoms with van der Waals surface area (Å²) in [4.78, 5) is 23.6. The van der Waals surface area contributed by atoms with E-state index in [0.29, 0.717) is 22.5 Å². The zero-order chi connectivity index (χ0) is 30.0. The van der Waals surface area contributed by atoms with Gasteiger partial charge in [0.25, 0.3) is 0 Å². The number of alkyl halides is 3. The van der Waals surface area contributed by atoms with E-state index in [-0.39, 0.29) is 28.3 Å². The van der Waals surface area contributed by atoms with Gasteiger partial charge in [-0.25, -0.2) is 15.0 Å². The van der Waals surface area contributed by atoms with Crippen molar-refractivity contribution in [2.45, 2.75) is 20.2 Å². The first-order valence-corrected chi connectivity index (χ1v) is 12.7. The number of phenolic OH excluding ortho intramolecular Hbond substituents is 1. The number of hydrogen-bond acceptors (Lipinski definition) is 7. The van der Waals surface area contributed by atoms with Crippen LogP contribution in [0.15, 0.2) is 80.7 Å². The summed E-state index contributed by atoms with van der Waals surface area (Å²) in [6.45, 7) is 3.57. The van der Waals surface area contributed by atoms with Gasteiger partial charge in [0.1, 0.15) is 23.7 Å². The minimum absolute atomic E-state index is 0.110. The Balaban J connectivity index is 1.64. The Hall–Kier alpha value is -4.85. The molecular formula is C27H25F3N6O4S. The van der Waals surface area contributed by atoms with Crippen LogP contribution in [0.1, 0.15) is 22.3 Å². The number of hydrazone groups is 1. The first-order valence-electron chi connectivity index (χ1n) is 11.7. The van der Waals surface area contributed by atoms with Crippen LogP contribution in [0.5, 0.6) is 11.5 Å². The minimum Gasteiger partial charge on any atom is -0.508 e. The van der Waals surface area contributed by atoms with Gasteiger partial charge in [0.05, 0.1) is 23.3 Å². The van der Waals surface area contributed by atoms with E-state index in [4.69, 9.17) is 10.8 Å². The molecule has 0 heterocycles. The summed E-state index contributed by atoms with van der Waals surface area (Å²) in [5.74, 6) is -1.33. The summed E-state index contributed by atoms with van der Waals surface area (Å²) < 4.78 is 40.6. The second kappa shape index (κ2) is 14.0. The molecule has 14 heteroatoms. The molecule has 0 saturated heterocycles. The number of carboxylic acids is 1. The highest BCUT2D eigenvalue weighted by Crippen LogP contribution is 2.29. The molecule has 5 N–H and O–H groups in total. The van der Waals surface area contributed by atoms with E-state index in [2.05, 4.69) is 30.2 Å². The van der Waals surface area contributed by atoms with Gasteiger partial charge in [0, 0.05) is 5.56 Å². The lowest BCUT2D eigenvalue weighted by Gasteiger charge is -2.09. The molecule has 214 valence electrons. The maximum Gasteiger partial charge on any atom is 0.573 e. The van der Waals surface area contributed by atoms with Crippen LogP contribution in [0.25, 0.3) is 0 Å². The number of rotatable bonds is 9. The van der Waals surface area contributed by atoms with Crippen molar-refractivity contribution in [1.29, 1.82) is 0 Å². The molecule has 0 aliphatic carbocycles. The van der Waals surface area contributed by atoms with Gasteiger partial charge in [-0.1, -0.05) is 36.0 Å². The summed E-state index contributed by atoms with van der Waals surface area (Å²) in [6, 6.07) is 14.9. The van der Waals surface area contributed by atoms with Crippen LogP contribution in [0.4, 0.5) is 24.5 Å². The Morgan fingerprint density at radius 2 is 1.71 bits per heavy atom. The standard InChI is InChI=1S/C27H25F3N6O4S/c1-16-11-21(37)12-17(2)24(16)35-26(41-14-23(38)39)36-34-13-18-3-5-19(6-4-18)25(31)33-15-32-20-7-9-22(10-8-20)40-27(28,29)30/h3-13,15,37H,14H2,1-2H3,(H,35,36)(H,38,39)(H2,31,32,33)/b34-13+. The van der Waals surface area contributed by atoms with Crippen LogP contribution in [-0.4, -0.2) is 51.9 Å². The maximum absolute atomic E-state index is 12.2. The predicted molar refractivity (Wildman–Crippen MR) is 154 cm³/mol. The lowest BCUT2D eigenvalue weighted by Crippen LogP contribution is -2.16. The van der Waals surface area contributed by atoms with Crippen molar-refractivity contribution in [2.24, 2.45) is 25.8 Å². The first kappa shape index (κ1) is 30.7. The van der Waals surface area contributed by atoms with Crippen molar-refractivity contribution in [3.63, 3.8) is 0 Å². The lowest BCUT2D eigenvalue weighted by molar-refractivity contribution is -0.274. The molecule has 0 amide bonds. The number of carbonyl (C=O) groups is 1. The number of amidine groups is 2. The molecule has 0 atom stereocenters. The monoisotopic (exact) mass is 586 g/mol. The quantitative estimate of drug-likeness (QED) is 0.149. The smallest absolute Gasteiger partial charge is 0.508 e. The number of aromatic hydroxyl groups is 1. The van der Waals surface area contributed by atoms with Gasteiger partial charge in [-0.15, -0.1) is 13.2 Å². The van der Waals surface area contributed by atoms with E-state index < -0.39 is 12.3 Å². The summed E-state index contributed by atoms with van der Waals surface area (Å²) in [5.41, 5.74) is 12.4. The number of aliphatic carboxylic acids is 1. The molecule has 0 fully saturated rings. The molecule has 0 unspecified atom stereocenters. The van der Waals surface area contributed by atoms with Crippen molar-refractivity contribution in [2.75, 3.05) is 5.75 Å². The van der Waals surface area contributed by atoms with Crippen LogP contribution in [0.2, 0.25) is 0 Å². The van der Waals surface area contributed by atoms with Crippen LogP contribution in [0, 0.1) is 13.8 Å². The van der Waals surface area contributed by atoms with Crippen molar-refractivity contribution in [1.82, 2.24) is 5.43 Å². The summed E-state index contributed by atoms with van der Waals surface area (Å²) >= 11 is 0.963. The number of ether oxygens (including phenoxy) is 1. The van der Waals surface area contributed by atoms with Gasteiger partial charge < -0.3 is 20.7 Å². The van der Waals surface area contributed by atoms with Crippen LogP contribution < -0.4 is 15.9 Å². The number of thioether (sulfide) groups is 1. The predicted octanol–water partition coefficient (Wildman–Crippen LogP) is 5.40. The largest absolute Gasteiger partial charge is 0.573 e. The van der Waals surface area contributed by atoms with Crippen molar-refractivity contribution < 1.29 is 32.9 Å². The summed E-state index contributed by atoms with van der Waals surface area (Å²) in [6.07, 6.45) is -2.08. The Morgan fingerprint density at radius 1 is 1.07 bits per heavy atom. The Bertz CT molecular complexity index is 1470. The van der Waals surface area contributed by atoms with Crippen LogP contribution in [0.3, 0.4) is 0 Å². The highest BCUT2D eigenvalue weighted by Gasteiger charge is 2.30. The molecule has 3 aromatic carbocycles. The number of hydrogen-bond donors (Lipinski definition) is 4. The highest BCUT2D eigenvalue weighted by molar-refractivity contribution is 8.14. The minimum atomic E-state index is -4.77. The number of nitrogens with one attached hydrogen (secondary N) is 1. The van der Waals surface area contributed by atoms with Gasteiger partial charge in [-0.2, -0.15) is 5.10 Å².